The SMILES string of the molecule is CCCCCCCCCCCCCCCCCCC(=O)OCC(COP(=O)(O)OC1C(OC2OC(CO)C(O)C(O)C2O)C(O)C(O)C(O)C1OC1OC(COC(=O)CCCCCCCCCCCCCC)C(O)C(O)C1O)OC(=O)CCCCCCCCCCCCCCCCC. The second-order valence-electron chi connectivity index (χ2n) is 28.1. The van der Waals surface area contributed by atoms with Crippen molar-refractivity contribution >= 4 is 25.7 Å². The van der Waals surface area contributed by atoms with Crippen LogP contribution in [0.2, 0.25) is 0 Å². The minimum absolute atomic E-state index is 0.0328. The molecule has 25 heteroatoms. The van der Waals surface area contributed by atoms with Crippen molar-refractivity contribution in [2.75, 3.05) is 26.4 Å². The fourth-order valence-electron chi connectivity index (χ4n) is 13.1. The van der Waals surface area contributed by atoms with Crippen LogP contribution in [-0.4, -0.2) is 204 Å². The molecule has 0 aromatic rings. The van der Waals surface area contributed by atoms with E-state index in [1.807, 2.05) is 0 Å². The summed E-state index contributed by atoms with van der Waals surface area (Å²) in [5.74, 6) is -1.97. The number of aliphatic hydroxyl groups excluding tert-OH is 10. The molecule has 0 amide bonds. The lowest BCUT2D eigenvalue weighted by atomic mass is 9.84. The maximum absolute atomic E-state index is 14.3. The molecule has 2 aliphatic heterocycles. The van der Waals surface area contributed by atoms with Crippen LogP contribution < -0.4 is 0 Å². The summed E-state index contributed by atoms with van der Waals surface area (Å²) in [5.41, 5.74) is 0. The van der Waals surface area contributed by atoms with Crippen LogP contribution in [0.25, 0.3) is 0 Å². The second kappa shape index (κ2) is 55.4. The van der Waals surface area contributed by atoms with E-state index >= 15 is 0 Å². The van der Waals surface area contributed by atoms with Gasteiger partial charge < -0.3 is 89.1 Å². The van der Waals surface area contributed by atoms with Crippen molar-refractivity contribution in [3.8, 4) is 0 Å². The van der Waals surface area contributed by atoms with Gasteiger partial charge in [0.2, 0.25) is 0 Å². The zero-order valence-corrected chi connectivity index (χ0v) is 61.2. The number of unbranched alkanes of at least 4 members (excludes halogenated alkanes) is 40. The van der Waals surface area contributed by atoms with Crippen molar-refractivity contribution in [2.24, 2.45) is 0 Å². The Morgan fingerprint density at radius 3 is 1.00 bits per heavy atom. The Balaban J connectivity index is 1.72. The average Bonchev–Trinajstić information content (AvgIpc) is 0.763. The molecule has 98 heavy (non-hydrogen) atoms. The molecule has 0 aromatic carbocycles. The van der Waals surface area contributed by atoms with E-state index in [-0.39, 0.29) is 19.3 Å². The normalized spacial score (nSPS) is 27.6. The minimum atomic E-state index is -5.69. The Hall–Kier alpha value is -2.04. The predicted molar refractivity (Wildman–Crippen MR) is 370 cm³/mol. The summed E-state index contributed by atoms with van der Waals surface area (Å²) < 4.78 is 65.1. The maximum atomic E-state index is 14.3. The zero-order valence-electron chi connectivity index (χ0n) is 60.3. The standard InChI is InChI=1S/C73H137O24P/c1-4-7-10-13-16-19-22-25-27-29-30-33-36-38-41-44-47-57(75)89-51-54(92-59(77)49-46-43-40-37-34-31-28-26-23-20-17-14-11-8-5-2)52-91-98(87,88)97-71-69(95-72-67(85)62(80)60(78)55(50-74)93-72)65(83)64(82)66(84)70(71)96-73-68(86)63(81)61(79)56(94-73)53-90-58(76)48-45-42-39-35-32-24-21-18-15-12-9-6-3/h54-56,60-74,78-86H,4-53H2,1-3H3,(H,87,88). The first-order valence-corrected chi connectivity index (χ1v) is 40.3. The molecule has 1 aliphatic carbocycles. The largest absolute Gasteiger partial charge is 0.472 e. The first-order chi connectivity index (χ1) is 47.3. The first kappa shape index (κ1) is 90.2. The molecule has 0 bridgehead atoms. The summed E-state index contributed by atoms with van der Waals surface area (Å²) in [4.78, 5) is 51.0. The van der Waals surface area contributed by atoms with Crippen molar-refractivity contribution < 1.29 is 117 Å². The Kier molecular flexibility index (Phi) is 51.0. The van der Waals surface area contributed by atoms with E-state index in [4.69, 9.17) is 42.2 Å². The first-order valence-electron chi connectivity index (χ1n) is 38.8. The third-order valence-electron chi connectivity index (χ3n) is 19.4. The van der Waals surface area contributed by atoms with Crippen LogP contribution >= 0.6 is 7.82 Å². The van der Waals surface area contributed by atoms with Crippen LogP contribution in [0, 0.1) is 0 Å². The van der Waals surface area contributed by atoms with Gasteiger partial charge in [-0.1, -0.05) is 278 Å². The number of phosphoric ester groups is 1. The van der Waals surface area contributed by atoms with Crippen LogP contribution in [0.1, 0.15) is 316 Å². The third-order valence-corrected chi connectivity index (χ3v) is 20.4. The molecule has 0 aromatic heterocycles. The maximum Gasteiger partial charge on any atom is 0.472 e. The average molecular weight is 1430 g/mol. The highest BCUT2D eigenvalue weighted by atomic mass is 31.2. The number of ether oxygens (including phenoxy) is 7. The minimum Gasteiger partial charge on any atom is -0.463 e. The van der Waals surface area contributed by atoms with E-state index in [1.165, 1.54) is 167 Å². The van der Waals surface area contributed by atoms with Gasteiger partial charge in [0.15, 0.2) is 18.7 Å². The number of hydrogen-bond donors (Lipinski definition) is 11. The molecule has 24 nitrogen and oxygen atoms in total. The third kappa shape index (κ3) is 38.1. The number of phosphoric acid groups is 1. The smallest absolute Gasteiger partial charge is 0.463 e. The van der Waals surface area contributed by atoms with Gasteiger partial charge >= 0.3 is 25.7 Å². The Bertz CT molecular complexity index is 2030. The van der Waals surface area contributed by atoms with E-state index in [2.05, 4.69) is 20.8 Å². The Labute approximate surface area is 587 Å². The molecule has 0 radical (unpaired) electrons. The number of hydrogen-bond acceptors (Lipinski definition) is 23. The molecule has 11 N–H and O–H groups in total. The molecular weight excluding hydrogens is 1290 g/mol. The zero-order chi connectivity index (χ0) is 71.8. The summed E-state index contributed by atoms with van der Waals surface area (Å²) in [7, 11) is -5.69. The molecule has 578 valence electrons. The molecular formula is C73H137O24P. The van der Waals surface area contributed by atoms with Gasteiger partial charge in [-0.15, -0.1) is 0 Å². The highest BCUT2D eigenvalue weighted by Crippen LogP contribution is 2.49. The van der Waals surface area contributed by atoms with E-state index in [0.29, 0.717) is 19.3 Å². The van der Waals surface area contributed by atoms with E-state index in [0.717, 1.165) is 89.9 Å². The van der Waals surface area contributed by atoms with Crippen molar-refractivity contribution in [3.05, 3.63) is 0 Å². The lowest BCUT2D eigenvalue weighted by Crippen LogP contribution is -2.69. The van der Waals surface area contributed by atoms with E-state index < -0.39 is 156 Å². The molecule has 3 rings (SSSR count). The number of rotatable bonds is 61. The van der Waals surface area contributed by atoms with Gasteiger partial charge in [0, 0.05) is 19.3 Å². The van der Waals surface area contributed by atoms with Crippen molar-refractivity contribution in [1.82, 2.24) is 0 Å². The lowest BCUT2D eigenvalue weighted by Gasteiger charge is -2.49. The highest BCUT2D eigenvalue weighted by molar-refractivity contribution is 7.47. The van der Waals surface area contributed by atoms with Gasteiger partial charge in [-0.25, -0.2) is 4.57 Å². The van der Waals surface area contributed by atoms with Crippen LogP contribution in [0.4, 0.5) is 0 Å². The number of carbonyl (C=O) groups is 3. The molecule has 18 unspecified atom stereocenters. The number of carbonyl (C=O) groups excluding carboxylic acids is 3. The molecule has 3 fully saturated rings. The van der Waals surface area contributed by atoms with Gasteiger partial charge in [-0.05, 0) is 19.3 Å². The van der Waals surface area contributed by atoms with E-state index in [1.54, 1.807) is 0 Å². The van der Waals surface area contributed by atoms with E-state index in [9.17, 15) is 74.9 Å². The second-order valence-corrected chi connectivity index (χ2v) is 29.5. The van der Waals surface area contributed by atoms with Crippen molar-refractivity contribution in [1.29, 1.82) is 0 Å². The summed E-state index contributed by atoms with van der Waals surface area (Å²) in [6, 6.07) is 0. The summed E-state index contributed by atoms with van der Waals surface area (Å²) in [6.07, 6.45) is 13.0. The van der Waals surface area contributed by atoms with Crippen LogP contribution in [-0.2, 0) is 61.2 Å². The molecule has 2 heterocycles. The molecule has 2 saturated heterocycles. The molecule has 3 aliphatic rings. The van der Waals surface area contributed by atoms with Gasteiger partial charge in [0.1, 0.15) is 98.7 Å². The van der Waals surface area contributed by atoms with Gasteiger partial charge in [-0.3, -0.25) is 23.4 Å². The fraction of sp³-hybridized carbons (Fsp3) is 0.959. The van der Waals surface area contributed by atoms with Gasteiger partial charge in [0.25, 0.3) is 0 Å². The summed E-state index contributed by atoms with van der Waals surface area (Å²) in [6.45, 7) is 3.48. The topological polar surface area (TPSA) is 374 Å². The number of esters is 3. The van der Waals surface area contributed by atoms with Crippen LogP contribution in [0.15, 0.2) is 0 Å². The molecule has 18 atom stereocenters. The summed E-state index contributed by atoms with van der Waals surface area (Å²) in [5, 5.41) is 110. The van der Waals surface area contributed by atoms with Crippen LogP contribution in [0.5, 0.6) is 0 Å². The van der Waals surface area contributed by atoms with Crippen molar-refractivity contribution in [3.63, 3.8) is 0 Å². The fourth-order valence-corrected chi connectivity index (χ4v) is 14.0. The highest BCUT2D eigenvalue weighted by Gasteiger charge is 2.58. The quantitative estimate of drug-likeness (QED) is 0.0117. The monoisotopic (exact) mass is 1430 g/mol. The predicted octanol–water partition coefficient (Wildman–Crippen LogP) is 11.0. The van der Waals surface area contributed by atoms with Crippen molar-refractivity contribution in [2.45, 2.75) is 420 Å². The lowest BCUT2D eigenvalue weighted by molar-refractivity contribution is -0.360. The Morgan fingerprint density at radius 1 is 0.357 bits per heavy atom. The molecule has 1 saturated carbocycles. The van der Waals surface area contributed by atoms with Crippen LogP contribution in [0.3, 0.4) is 0 Å². The molecule has 0 spiro atoms. The number of aliphatic hydroxyl groups is 10. The Morgan fingerprint density at radius 2 is 0.653 bits per heavy atom. The summed E-state index contributed by atoms with van der Waals surface area (Å²) >= 11 is 0. The van der Waals surface area contributed by atoms with Gasteiger partial charge in [-0.2, -0.15) is 0 Å². The van der Waals surface area contributed by atoms with Gasteiger partial charge in [0.05, 0.1) is 13.2 Å².